The Hall–Kier alpha value is -3.59. The summed E-state index contributed by atoms with van der Waals surface area (Å²) >= 11 is 0. The Morgan fingerprint density at radius 2 is 0.770 bits per heavy atom. The minimum absolute atomic E-state index is 0.0216. The van der Waals surface area contributed by atoms with Gasteiger partial charge in [-0.1, -0.05) is 219 Å². The molecule has 0 aromatic heterocycles. The van der Waals surface area contributed by atoms with Crippen LogP contribution in [0.15, 0.2) is 122 Å². The maximum Gasteiger partial charge on any atom is 0.472 e. The van der Waals surface area contributed by atoms with E-state index in [0.717, 1.165) is 116 Å². The van der Waals surface area contributed by atoms with Crippen LogP contribution in [0.25, 0.3) is 0 Å². The molecule has 0 heterocycles. The number of carbonyl (C=O) groups is 2. The van der Waals surface area contributed by atoms with E-state index in [-0.39, 0.29) is 32.0 Å². The van der Waals surface area contributed by atoms with Crippen molar-refractivity contribution in [2.75, 3.05) is 47.5 Å². The van der Waals surface area contributed by atoms with Crippen LogP contribution in [0.4, 0.5) is 0 Å². The van der Waals surface area contributed by atoms with Gasteiger partial charge < -0.3 is 18.9 Å². The second-order valence-electron chi connectivity index (χ2n) is 20.3. The highest BCUT2D eigenvalue weighted by Gasteiger charge is 2.27. The van der Waals surface area contributed by atoms with Crippen molar-refractivity contribution >= 4 is 19.8 Å². The van der Waals surface area contributed by atoms with Crippen molar-refractivity contribution in [3.63, 3.8) is 0 Å². The lowest BCUT2D eigenvalue weighted by atomic mass is 10.1. The molecule has 0 radical (unpaired) electrons. The average Bonchev–Trinajstić information content (AvgIpc) is 3.36. The van der Waals surface area contributed by atoms with Crippen LogP contribution in [-0.4, -0.2) is 74.9 Å². The first kappa shape index (κ1) is 70.4. The number of quaternary nitrogens is 1. The maximum atomic E-state index is 12.8. The van der Waals surface area contributed by atoms with E-state index in [2.05, 4.69) is 135 Å². The van der Waals surface area contributed by atoms with Gasteiger partial charge in [0.1, 0.15) is 19.8 Å². The van der Waals surface area contributed by atoms with E-state index in [1.54, 1.807) is 0 Å². The lowest BCUT2D eigenvalue weighted by Crippen LogP contribution is -2.37. The van der Waals surface area contributed by atoms with Gasteiger partial charge in [-0.15, -0.1) is 0 Å². The Bertz CT molecular complexity index is 1660. The number of phosphoric acid groups is 1. The highest BCUT2D eigenvalue weighted by Crippen LogP contribution is 2.43. The molecule has 0 aliphatic rings. The quantitative estimate of drug-likeness (QED) is 0.0211. The number of rotatable bonds is 52. The van der Waals surface area contributed by atoms with Crippen molar-refractivity contribution in [3.05, 3.63) is 122 Å². The number of phosphoric ester groups is 1. The normalized spacial score (nSPS) is 14.2. The van der Waals surface area contributed by atoms with E-state index in [1.807, 2.05) is 21.1 Å². The van der Waals surface area contributed by atoms with Crippen LogP contribution < -0.4 is 0 Å². The number of likely N-dealkylation sites (N-methyl/N-ethyl adjacent to an activating group) is 1. The Kier molecular flexibility index (Phi) is 51.6. The molecule has 0 saturated heterocycles. The third-order valence-corrected chi connectivity index (χ3v) is 13.0. The van der Waals surface area contributed by atoms with E-state index < -0.39 is 26.5 Å². The molecule has 0 amide bonds. The number of allylic oxidation sites excluding steroid dienone is 20. The van der Waals surface area contributed by atoms with Gasteiger partial charge in [0.05, 0.1) is 27.7 Å². The molecule has 0 bridgehead atoms. The van der Waals surface area contributed by atoms with Crippen LogP contribution in [0.2, 0.25) is 0 Å². The van der Waals surface area contributed by atoms with Crippen LogP contribution in [0, 0.1) is 0 Å². The summed E-state index contributed by atoms with van der Waals surface area (Å²) in [6.07, 6.45) is 76.9. The minimum atomic E-state index is -4.40. The summed E-state index contributed by atoms with van der Waals surface area (Å²) in [4.78, 5) is 35.7. The predicted molar refractivity (Wildman–Crippen MR) is 316 cm³/mol. The zero-order valence-electron chi connectivity index (χ0n) is 47.8. The molecule has 74 heavy (non-hydrogen) atoms. The number of hydrogen-bond acceptors (Lipinski definition) is 7. The fourth-order valence-electron chi connectivity index (χ4n) is 7.47. The molecular formula is C64H109NO8P+. The Morgan fingerprint density at radius 3 is 1.15 bits per heavy atom. The molecule has 422 valence electrons. The lowest BCUT2D eigenvalue weighted by molar-refractivity contribution is -0.870. The molecule has 10 heteroatoms. The number of unbranched alkanes of at least 4 members (excludes halogenated alkanes) is 18. The number of esters is 2. The van der Waals surface area contributed by atoms with Gasteiger partial charge in [-0.2, -0.15) is 0 Å². The van der Waals surface area contributed by atoms with Crippen molar-refractivity contribution in [2.24, 2.45) is 0 Å². The van der Waals surface area contributed by atoms with Gasteiger partial charge in [-0.05, 0) is 109 Å². The first-order chi connectivity index (χ1) is 36.0. The minimum Gasteiger partial charge on any atom is -0.462 e. The van der Waals surface area contributed by atoms with E-state index >= 15 is 0 Å². The average molecular weight is 1050 g/mol. The summed E-state index contributed by atoms with van der Waals surface area (Å²) in [6.45, 7) is 4.26. The van der Waals surface area contributed by atoms with Crippen LogP contribution >= 0.6 is 7.82 Å². The molecule has 1 N–H and O–H groups in total. The Labute approximate surface area is 454 Å². The van der Waals surface area contributed by atoms with E-state index in [0.29, 0.717) is 17.4 Å². The van der Waals surface area contributed by atoms with E-state index in [9.17, 15) is 19.0 Å². The maximum absolute atomic E-state index is 12.8. The van der Waals surface area contributed by atoms with Gasteiger partial charge >= 0.3 is 19.8 Å². The highest BCUT2D eigenvalue weighted by molar-refractivity contribution is 7.47. The summed E-state index contributed by atoms with van der Waals surface area (Å²) in [6, 6.07) is 0. The summed E-state index contributed by atoms with van der Waals surface area (Å²) in [5, 5.41) is 0. The van der Waals surface area contributed by atoms with Crippen LogP contribution in [0.5, 0.6) is 0 Å². The van der Waals surface area contributed by atoms with E-state index in [4.69, 9.17) is 18.5 Å². The highest BCUT2D eigenvalue weighted by atomic mass is 31.2. The van der Waals surface area contributed by atoms with E-state index in [1.165, 1.54) is 70.6 Å². The summed E-state index contributed by atoms with van der Waals surface area (Å²) in [5.74, 6) is -0.826. The molecule has 0 saturated carbocycles. The molecule has 0 aromatic carbocycles. The Morgan fingerprint density at radius 1 is 0.432 bits per heavy atom. The number of nitrogens with zero attached hydrogens (tertiary/aromatic N) is 1. The molecule has 0 rings (SSSR count). The fourth-order valence-corrected chi connectivity index (χ4v) is 8.21. The van der Waals surface area contributed by atoms with Crippen LogP contribution in [-0.2, 0) is 32.7 Å². The molecule has 0 aliphatic heterocycles. The van der Waals surface area contributed by atoms with Gasteiger partial charge in [-0.3, -0.25) is 18.6 Å². The first-order valence-electron chi connectivity index (χ1n) is 29.3. The third kappa shape index (κ3) is 57.7. The van der Waals surface area contributed by atoms with Crippen LogP contribution in [0.3, 0.4) is 0 Å². The molecular weight excluding hydrogens is 942 g/mol. The second-order valence-corrected chi connectivity index (χ2v) is 21.7. The van der Waals surface area contributed by atoms with Crippen molar-refractivity contribution < 1.29 is 42.1 Å². The largest absolute Gasteiger partial charge is 0.472 e. The molecule has 2 atom stereocenters. The molecule has 0 aliphatic carbocycles. The van der Waals surface area contributed by atoms with Crippen molar-refractivity contribution in [2.45, 2.75) is 225 Å². The molecule has 0 aromatic rings. The van der Waals surface area contributed by atoms with Gasteiger partial charge in [0, 0.05) is 12.8 Å². The molecule has 0 fully saturated rings. The lowest BCUT2D eigenvalue weighted by Gasteiger charge is -2.24. The Balaban J connectivity index is 4.22. The van der Waals surface area contributed by atoms with Gasteiger partial charge in [-0.25, -0.2) is 4.57 Å². The third-order valence-electron chi connectivity index (χ3n) is 12.0. The number of ether oxygens (including phenoxy) is 2. The first-order valence-corrected chi connectivity index (χ1v) is 30.8. The van der Waals surface area contributed by atoms with Crippen molar-refractivity contribution in [1.29, 1.82) is 0 Å². The zero-order chi connectivity index (χ0) is 54.2. The number of hydrogen-bond donors (Lipinski definition) is 1. The van der Waals surface area contributed by atoms with Crippen molar-refractivity contribution in [3.8, 4) is 0 Å². The standard InChI is InChI=1S/C64H108NO8P/c1-6-8-10-12-14-16-18-20-22-24-26-27-28-29-30-31-32-33-34-35-36-37-39-41-43-45-47-49-51-53-55-57-64(67)73-62(61-72-74(68,69)71-59-58-65(3,4)5)60-70-63(66)56-54-52-50-48-46-44-42-40-38-25-23-21-19-17-15-13-11-9-7-2/h8,10,14-17,20-23,26-27,29-30,32-33,35-36,38,40,62H,6-7,9,11-13,18-19,24-25,28,31,34,37,39,41-61H2,1-5H3/p+1/b10-8-,16-14-,17-15-,22-20-,23-21-,27-26-,30-29-,33-32-,36-35-,40-38-. The SMILES string of the molecule is CC/C=C\C/C=C\C/C=C\C/C=C\C/C=C\C/C=C\C/C=C\CCCCCCCCCCCC(=O)OC(COC(=O)CCCCCCCC/C=C\C/C=C\C/C=C\CCCCC)COP(=O)(O)OCC[N+](C)(C)C. The summed E-state index contributed by atoms with van der Waals surface area (Å²) in [7, 11) is 1.45. The van der Waals surface area contributed by atoms with Crippen LogP contribution in [0.1, 0.15) is 219 Å². The zero-order valence-corrected chi connectivity index (χ0v) is 48.7. The summed E-state index contributed by atoms with van der Waals surface area (Å²) in [5.41, 5.74) is 0. The fraction of sp³-hybridized carbons (Fsp3) is 0.656. The van der Waals surface area contributed by atoms with Gasteiger partial charge in [0.15, 0.2) is 6.10 Å². The monoisotopic (exact) mass is 1050 g/mol. The second kappa shape index (κ2) is 54.2. The molecule has 2 unspecified atom stereocenters. The topological polar surface area (TPSA) is 108 Å². The smallest absolute Gasteiger partial charge is 0.462 e. The summed E-state index contributed by atoms with van der Waals surface area (Å²) < 4.78 is 34.5. The van der Waals surface area contributed by atoms with Crippen molar-refractivity contribution in [1.82, 2.24) is 0 Å². The van der Waals surface area contributed by atoms with Gasteiger partial charge in [0.25, 0.3) is 0 Å². The predicted octanol–water partition coefficient (Wildman–Crippen LogP) is 18.4. The van der Waals surface area contributed by atoms with Gasteiger partial charge in [0.2, 0.25) is 0 Å². The molecule has 9 nitrogen and oxygen atoms in total. The number of carbonyl (C=O) groups excluding carboxylic acids is 2. The molecule has 0 spiro atoms.